The summed E-state index contributed by atoms with van der Waals surface area (Å²) in [4.78, 5) is 0. The van der Waals surface area contributed by atoms with Crippen molar-refractivity contribution in [3.8, 4) is 0 Å². The van der Waals surface area contributed by atoms with Crippen LogP contribution in [0.2, 0.25) is 0 Å². The Bertz CT molecular complexity index is 755. The van der Waals surface area contributed by atoms with Crippen LogP contribution in [0.4, 0.5) is 4.39 Å². The summed E-state index contributed by atoms with van der Waals surface area (Å²) in [5.41, 5.74) is 4.18. The molecule has 0 bridgehead atoms. The lowest BCUT2D eigenvalue weighted by molar-refractivity contribution is 0.306. The summed E-state index contributed by atoms with van der Waals surface area (Å²) in [6, 6.07) is 0. The molecular formula is C32H51F. The Hall–Kier alpha value is -1.89. The van der Waals surface area contributed by atoms with Crippen molar-refractivity contribution in [1.82, 2.24) is 0 Å². The van der Waals surface area contributed by atoms with Crippen molar-refractivity contribution in [3.05, 3.63) is 84.3 Å². The molecule has 0 amide bonds. The van der Waals surface area contributed by atoms with Crippen molar-refractivity contribution in [2.24, 2.45) is 29.6 Å². The quantitative estimate of drug-likeness (QED) is 0.203. The van der Waals surface area contributed by atoms with Gasteiger partial charge < -0.3 is 0 Å². The molecule has 0 aliphatic carbocycles. The van der Waals surface area contributed by atoms with Crippen LogP contribution in [0.3, 0.4) is 0 Å². The Kier molecular flexibility index (Phi) is 15.0. The van der Waals surface area contributed by atoms with E-state index in [0.29, 0.717) is 11.5 Å². The molecule has 0 aliphatic heterocycles. The molecule has 4 atom stereocenters. The van der Waals surface area contributed by atoms with E-state index in [2.05, 4.69) is 67.9 Å². The molecule has 0 spiro atoms. The SMILES string of the molecule is C=C(C)/C=C\C(=C)C(C)C/C=C(\C)C(=C)/C(F)=C\C(=C)C(C)CCC(C)C(C)CCC(C)C. The highest BCUT2D eigenvalue weighted by Gasteiger charge is 2.16. The molecule has 0 aromatic carbocycles. The van der Waals surface area contributed by atoms with Crippen LogP contribution in [-0.2, 0) is 0 Å². The molecule has 0 aliphatic rings. The van der Waals surface area contributed by atoms with Gasteiger partial charge in [-0.25, -0.2) is 4.39 Å². The molecule has 0 rings (SSSR count). The van der Waals surface area contributed by atoms with Crippen LogP contribution in [0.1, 0.15) is 87.5 Å². The molecule has 0 aromatic rings. The Balaban J connectivity index is 4.81. The molecule has 33 heavy (non-hydrogen) atoms. The summed E-state index contributed by atoms with van der Waals surface area (Å²) in [6.45, 7) is 33.6. The molecule has 0 fully saturated rings. The maximum atomic E-state index is 14.9. The van der Waals surface area contributed by atoms with E-state index in [1.54, 1.807) is 6.08 Å². The van der Waals surface area contributed by atoms with Crippen molar-refractivity contribution in [3.63, 3.8) is 0 Å². The molecule has 4 unspecified atom stereocenters. The van der Waals surface area contributed by atoms with Crippen molar-refractivity contribution < 1.29 is 4.39 Å². The van der Waals surface area contributed by atoms with E-state index in [1.165, 1.54) is 12.8 Å². The maximum absolute atomic E-state index is 14.9. The Morgan fingerprint density at radius 1 is 0.727 bits per heavy atom. The van der Waals surface area contributed by atoms with E-state index in [9.17, 15) is 4.39 Å². The largest absolute Gasteiger partial charge is 0.206 e. The van der Waals surface area contributed by atoms with Crippen LogP contribution < -0.4 is 0 Å². The van der Waals surface area contributed by atoms with E-state index in [4.69, 9.17) is 0 Å². The van der Waals surface area contributed by atoms with Crippen LogP contribution in [0, 0.1) is 29.6 Å². The van der Waals surface area contributed by atoms with Gasteiger partial charge in [0.25, 0.3) is 0 Å². The summed E-state index contributed by atoms with van der Waals surface area (Å²) in [7, 11) is 0. The lowest BCUT2D eigenvalue weighted by atomic mass is 9.83. The van der Waals surface area contributed by atoms with Crippen LogP contribution in [-0.4, -0.2) is 0 Å². The number of halogens is 1. The van der Waals surface area contributed by atoms with E-state index < -0.39 is 0 Å². The predicted molar refractivity (Wildman–Crippen MR) is 149 cm³/mol. The first-order valence-corrected chi connectivity index (χ1v) is 12.7. The zero-order valence-corrected chi connectivity index (χ0v) is 22.9. The standard InChI is InChI=1S/C32H51F/c1-22(2)13-15-24(5)26(7)17-18-28(9)30(11)21-32(33)31(12)29(10)20-19-27(8)25(6)16-14-23(3)4/h14,16,20-22,24,26-28H,3,6,11-13,15,17-19H2,1-2,4-5,7-10H3/b16-14-,29-20+,32-21+. The van der Waals surface area contributed by atoms with Gasteiger partial charge in [0, 0.05) is 5.57 Å². The second kappa shape index (κ2) is 15.9. The molecule has 186 valence electrons. The van der Waals surface area contributed by atoms with Gasteiger partial charge in [0.2, 0.25) is 0 Å². The van der Waals surface area contributed by atoms with Crippen molar-refractivity contribution >= 4 is 0 Å². The van der Waals surface area contributed by atoms with Gasteiger partial charge in [-0.15, -0.1) is 0 Å². The van der Waals surface area contributed by atoms with Crippen LogP contribution in [0.15, 0.2) is 84.3 Å². The van der Waals surface area contributed by atoms with Crippen molar-refractivity contribution in [2.75, 3.05) is 0 Å². The first kappa shape index (κ1) is 31.1. The van der Waals surface area contributed by atoms with Gasteiger partial charge in [-0.3, -0.25) is 0 Å². The summed E-state index contributed by atoms with van der Waals surface area (Å²) in [5.74, 6) is 2.41. The van der Waals surface area contributed by atoms with Crippen LogP contribution >= 0.6 is 0 Å². The molecule has 0 saturated carbocycles. The zero-order valence-electron chi connectivity index (χ0n) is 22.9. The Labute approximate surface area is 205 Å². The molecule has 0 N–H and O–H groups in total. The van der Waals surface area contributed by atoms with Crippen molar-refractivity contribution in [1.29, 1.82) is 0 Å². The van der Waals surface area contributed by atoms with Crippen molar-refractivity contribution in [2.45, 2.75) is 87.5 Å². The van der Waals surface area contributed by atoms with Gasteiger partial charge in [-0.05, 0) is 79.9 Å². The minimum atomic E-state index is -0.285. The first-order chi connectivity index (χ1) is 15.3. The smallest absolute Gasteiger partial charge is 0.130 e. The Morgan fingerprint density at radius 3 is 1.79 bits per heavy atom. The van der Waals surface area contributed by atoms with Gasteiger partial charge in [-0.2, -0.15) is 0 Å². The molecule has 0 radical (unpaired) electrons. The highest BCUT2D eigenvalue weighted by molar-refractivity contribution is 5.43. The zero-order chi connectivity index (χ0) is 25.7. The average Bonchev–Trinajstić information content (AvgIpc) is 2.75. The summed E-state index contributed by atoms with van der Waals surface area (Å²) >= 11 is 0. The fraction of sp³-hybridized carbons (Fsp3) is 0.562. The van der Waals surface area contributed by atoms with Crippen LogP contribution in [0.5, 0.6) is 0 Å². The summed E-state index contributed by atoms with van der Waals surface area (Å²) in [5, 5.41) is 0. The molecule has 1 heteroatoms. The number of rotatable bonds is 16. The third kappa shape index (κ3) is 13.4. The number of hydrogen-bond acceptors (Lipinski definition) is 0. The molecular weight excluding hydrogens is 403 g/mol. The molecule has 0 aromatic heterocycles. The van der Waals surface area contributed by atoms with Gasteiger partial charge in [-0.1, -0.05) is 110 Å². The van der Waals surface area contributed by atoms with Gasteiger partial charge in [0.1, 0.15) is 5.83 Å². The highest BCUT2D eigenvalue weighted by Crippen LogP contribution is 2.29. The highest BCUT2D eigenvalue weighted by atomic mass is 19.1. The lowest BCUT2D eigenvalue weighted by Gasteiger charge is -2.22. The monoisotopic (exact) mass is 454 g/mol. The topological polar surface area (TPSA) is 0 Å². The minimum Gasteiger partial charge on any atom is -0.206 e. The maximum Gasteiger partial charge on any atom is 0.130 e. The normalized spacial score (nSPS) is 16.5. The first-order valence-electron chi connectivity index (χ1n) is 12.7. The lowest BCUT2D eigenvalue weighted by Crippen LogP contribution is -2.11. The third-order valence-electron chi connectivity index (χ3n) is 6.93. The van der Waals surface area contributed by atoms with Gasteiger partial charge in [0.15, 0.2) is 0 Å². The van der Waals surface area contributed by atoms with Crippen LogP contribution in [0.25, 0.3) is 0 Å². The van der Waals surface area contributed by atoms with Gasteiger partial charge >= 0.3 is 0 Å². The number of allylic oxidation sites excluding steroid dienone is 10. The molecule has 0 nitrogen and oxygen atoms in total. The average molecular weight is 455 g/mol. The Morgan fingerprint density at radius 2 is 1.27 bits per heavy atom. The van der Waals surface area contributed by atoms with E-state index in [-0.39, 0.29) is 17.7 Å². The molecule has 0 saturated heterocycles. The second-order valence-corrected chi connectivity index (χ2v) is 10.7. The summed E-state index contributed by atoms with van der Waals surface area (Å²) < 4.78 is 14.9. The fourth-order valence-corrected chi connectivity index (χ4v) is 3.49. The third-order valence-corrected chi connectivity index (χ3v) is 6.93. The van der Waals surface area contributed by atoms with E-state index >= 15 is 0 Å². The second-order valence-electron chi connectivity index (χ2n) is 10.7. The van der Waals surface area contributed by atoms with E-state index in [0.717, 1.165) is 53.4 Å². The predicted octanol–water partition coefficient (Wildman–Crippen LogP) is 10.7. The fourth-order valence-electron chi connectivity index (χ4n) is 3.49. The van der Waals surface area contributed by atoms with Gasteiger partial charge in [0.05, 0.1) is 0 Å². The minimum absolute atomic E-state index is 0.260. The number of hydrogen-bond donors (Lipinski definition) is 0. The van der Waals surface area contributed by atoms with E-state index in [1.807, 2.05) is 32.1 Å². The summed E-state index contributed by atoms with van der Waals surface area (Å²) in [6.07, 6.45) is 13.1. The molecule has 0 heterocycles.